The summed E-state index contributed by atoms with van der Waals surface area (Å²) in [6.45, 7) is 6.63. The predicted octanol–water partition coefficient (Wildman–Crippen LogP) is 3.92. The van der Waals surface area contributed by atoms with E-state index in [1.165, 1.54) is 6.42 Å². The second-order valence-corrected chi connectivity index (χ2v) is 8.59. The van der Waals surface area contributed by atoms with E-state index in [1.54, 1.807) is 24.3 Å². The van der Waals surface area contributed by atoms with Gasteiger partial charge in [-0.25, -0.2) is 8.42 Å². The lowest BCUT2D eigenvalue weighted by atomic mass is 9.65. The van der Waals surface area contributed by atoms with E-state index >= 15 is 0 Å². The summed E-state index contributed by atoms with van der Waals surface area (Å²) in [5.41, 5.74) is 0.125. The number of hydrogen-bond donors (Lipinski definition) is 0. The highest BCUT2D eigenvalue weighted by Gasteiger charge is 2.39. The monoisotopic (exact) mass is 280 g/mol. The minimum Gasteiger partial charge on any atom is -0.224 e. The maximum atomic E-state index is 12.5. The van der Waals surface area contributed by atoms with Gasteiger partial charge in [-0.05, 0) is 35.8 Å². The van der Waals surface area contributed by atoms with E-state index in [1.807, 2.05) is 6.07 Å². The molecule has 0 radical (unpaired) electrons. The molecule has 0 N–H and O–H groups in total. The Morgan fingerprint density at radius 3 is 2.42 bits per heavy atom. The summed E-state index contributed by atoms with van der Waals surface area (Å²) in [7, 11) is -3.16. The van der Waals surface area contributed by atoms with Gasteiger partial charge in [0.25, 0.3) is 0 Å². The van der Waals surface area contributed by atoms with Crippen LogP contribution in [0.2, 0.25) is 0 Å². The van der Waals surface area contributed by atoms with Crippen molar-refractivity contribution in [2.75, 3.05) is 5.75 Å². The minimum atomic E-state index is -3.16. The van der Waals surface area contributed by atoms with Crippen LogP contribution >= 0.6 is 0 Å². The van der Waals surface area contributed by atoms with Crippen molar-refractivity contribution in [1.29, 1.82) is 0 Å². The minimum absolute atomic E-state index is 0.125. The molecule has 1 fully saturated rings. The van der Waals surface area contributed by atoms with E-state index in [0.717, 1.165) is 12.8 Å². The maximum Gasteiger partial charge on any atom is 0.178 e. The molecule has 106 valence electrons. The Balaban J connectivity index is 2.24. The van der Waals surface area contributed by atoms with Gasteiger partial charge in [0.15, 0.2) is 9.84 Å². The summed E-state index contributed by atoms with van der Waals surface area (Å²) in [5, 5.41) is 0. The van der Waals surface area contributed by atoms with Gasteiger partial charge in [0.2, 0.25) is 0 Å². The molecular formula is C16H24O2S. The van der Waals surface area contributed by atoms with Crippen molar-refractivity contribution < 1.29 is 8.42 Å². The van der Waals surface area contributed by atoms with Crippen LogP contribution in [0.15, 0.2) is 35.2 Å². The number of rotatable bonds is 3. The summed E-state index contributed by atoms with van der Waals surface area (Å²) in [4.78, 5) is 0.462. The molecule has 0 heterocycles. The van der Waals surface area contributed by atoms with Crippen molar-refractivity contribution in [2.24, 2.45) is 17.3 Å². The topological polar surface area (TPSA) is 34.1 Å². The second kappa shape index (κ2) is 5.28. The van der Waals surface area contributed by atoms with Gasteiger partial charge < -0.3 is 0 Å². The van der Waals surface area contributed by atoms with Crippen LogP contribution in [0.25, 0.3) is 0 Å². The molecule has 2 unspecified atom stereocenters. The zero-order valence-corrected chi connectivity index (χ0v) is 12.9. The van der Waals surface area contributed by atoms with Crippen molar-refractivity contribution in [3.63, 3.8) is 0 Å². The molecule has 1 aliphatic carbocycles. The lowest BCUT2D eigenvalue weighted by molar-refractivity contribution is 0.102. The molecule has 2 nitrogen and oxygen atoms in total. The van der Waals surface area contributed by atoms with E-state index in [9.17, 15) is 8.42 Å². The van der Waals surface area contributed by atoms with Gasteiger partial charge in [0, 0.05) is 0 Å². The van der Waals surface area contributed by atoms with Crippen molar-refractivity contribution in [3.8, 4) is 0 Å². The fraction of sp³-hybridized carbons (Fsp3) is 0.625. The molecule has 1 saturated carbocycles. The lowest BCUT2D eigenvalue weighted by Gasteiger charge is -2.42. The van der Waals surface area contributed by atoms with Crippen LogP contribution in [0, 0.1) is 17.3 Å². The van der Waals surface area contributed by atoms with Crippen LogP contribution in [-0.2, 0) is 9.84 Å². The molecule has 2 rings (SSSR count). The molecule has 0 aromatic heterocycles. The second-order valence-electron chi connectivity index (χ2n) is 6.56. The van der Waals surface area contributed by atoms with Crippen molar-refractivity contribution in [3.05, 3.63) is 30.3 Å². The Morgan fingerprint density at radius 2 is 1.84 bits per heavy atom. The van der Waals surface area contributed by atoms with Crippen LogP contribution in [0.5, 0.6) is 0 Å². The van der Waals surface area contributed by atoms with Gasteiger partial charge in [-0.3, -0.25) is 0 Å². The van der Waals surface area contributed by atoms with Crippen LogP contribution in [0.3, 0.4) is 0 Å². The van der Waals surface area contributed by atoms with E-state index in [4.69, 9.17) is 0 Å². The Bertz CT molecular complexity index is 517. The number of sulfone groups is 1. The highest BCUT2D eigenvalue weighted by Crippen LogP contribution is 2.44. The molecule has 2 atom stereocenters. The third-order valence-corrected chi connectivity index (χ3v) is 6.46. The average Bonchev–Trinajstić information content (AvgIpc) is 2.35. The summed E-state index contributed by atoms with van der Waals surface area (Å²) >= 11 is 0. The predicted molar refractivity (Wildman–Crippen MR) is 78.8 cm³/mol. The molecular weight excluding hydrogens is 256 g/mol. The summed E-state index contributed by atoms with van der Waals surface area (Å²) < 4.78 is 25.1. The number of benzene rings is 1. The normalized spacial score (nSPS) is 27.1. The smallest absolute Gasteiger partial charge is 0.178 e. The largest absolute Gasteiger partial charge is 0.224 e. The highest BCUT2D eigenvalue weighted by atomic mass is 32.2. The van der Waals surface area contributed by atoms with Crippen LogP contribution < -0.4 is 0 Å². The highest BCUT2D eigenvalue weighted by molar-refractivity contribution is 7.91. The average molecular weight is 280 g/mol. The Labute approximate surface area is 117 Å². The van der Waals surface area contributed by atoms with E-state index in [2.05, 4.69) is 20.8 Å². The van der Waals surface area contributed by atoms with E-state index in [-0.39, 0.29) is 17.1 Å². The standard InChI is InChI=1S/C16H24O2S/c1-13-8-7-11-16(2,3)15(13)12-19(17,18)14-9-5-4-6-10-14/h4-6,9-10,13,15H,7-8,11-12H2,1-3H3. The Kier molecular flexibility index (Phi) is 4.05. The van der Waals surface area contributed by atoms with Crippen LogP contribution in [0.1, 0.15) is 40.0 Å². The third kappa shape index (κ3) is 3.19. The van der Waals surface area contributed by atoms with Gasteiger partial charge in [-0.1, -0.05) is 51.8 Å². The SMILES string of the molecule is CC1CCCC(C)(C)C1CS(=O)(=O)c1ccccc1. The Morgan fingerprint density at radius 1 is 1.21 bits per heavy atom. The first-order valence-corrected chi connectivity index (χ1v) is 8.76. The zero-order valence-electron chi connectivity index (χ0n) is 12.1. The van der Waals surface area contributed by atoms with Gasteiger partial charge in [-0.15, -0.1) is 0 Å². The summed E-state index contributed by atoms with van der Waals surface area (Å²) in [6, 6.07) is 8.85. The Hall–Kier alpha value is -0.830. The van der Waals surface area contributed by atoms with Gasteiger partial charge in [0.05, 0.1) is 10.6 Å². The van der Waals surface area contributed by atoms with Crippen molar-refractivity contribution in [1.82, 2.24) is 0 Å². The van der Waals surface area contributed by atoms with Gasteiger partial charge in [-0.2, -0.15) is 0 Å². The van der Waals surface area contributed by atoms with Crippen LogP contribution in [0.4, 0.5) is 0 Å². The molecule has 0 bridgehead atoms. The van der Waals surface area contributed by atoms with E-state index < -0.39 is 9.84 Å². The first kappa shape index (κ1) is 14.6. The van der Waals surface area contributed by atoms with Crippen molar-refractivity contribution in [2.45, 2.75) is 44.9 Å². The molecule has 0 aliphatic heterocycles. The first-order valence-electron chi connectivity index (χ1n) is 7.11. The van der Waals surface area contributed by atoms with Gasteiger partial charge in [0.1, 0.15) is 0 Å². The summed E-state index contributed by atoms with van der Waals surface area (Å²) in [5.74, 6) is 1.03. The maximum absolute atomic E-state index is 12.5. The lowest BCUT2D eigenvalue weighted by Crippen LogP contribution is -2.38. The fourth-order valence-corrected chi connectivity index (χ4v) is 5.40. The number of hydrogen-bond acceptors (Lipinski definition) is 2. The zero-order chi connectivity index (χ0) is 14.1. The molecule has 0 spiro atoms. The molecule has 0 amide bonds. The fourth-order valence-electron chi connectivity index (χ4n) is 3.39. The van der Waals surface area contributed by atoms with Crippen LogP contribution in [-0.4, -0.2) is 14.2 Å². The van der Waals surface area contributed by atoms with Crippen molar-refractivity contribution >= 4 is 9.84 Å². The third-order valence-electron chi connectivity index (χ3n) is 4.67. The van der Waals surface area contributed by atoms with E-state index in [0.29, 0.717) is 10.8 Å². The molecule has 1 aliphatic rings. The molecule has 19 heavy (non-hydrogen) atoms. The molecule has 0 saturated heterocycles. The quantitative estimate of drug-likeness (QED) is 0.841. The molecule has 3 heteroatoms. The van der Waals surface area contributed by atoms with Gasteiger partial charge >= 0.3 is 0 Å². The first-order chi connectivity index (χ1) is 8.83. The molecule has 1 aromatic carbocycles. The summed E-state index contributed by atoms with van der Waals surface area (Å²) in [6.07, 6.45) is 3.50. The molecule has 1 aromatic rings.